The SMILES string of the molecule is c1ccc(-c2cc(-c3ccc4c(c3)c3cc(-c5cc(-c6ccccn6)nc(-c6ccccc6)n5)ccc3n4-c3cnc(-c4ccccc4)nc3)cc(-c3ccccn3)n2)cc1. The first-order chi connectivity index (χ1) is 30.2. The summed E-state index contributed by atoms with van der Waals surface area (Å²) in [6.45, 7) is 0. The molecular formula is C53H34N8. The van der Waals surface area contributed by atoms with Crippen LogP contribution in [0.15, 0.2) is 207 Å². The normalized spacial score (nSPS) is 11.3. The van der Waals surface area contributed by atoms with E-state index in [0.717, 1.165) is 95.0 Å². The Balaban J connectivity index is 1.12. The smallest absolute Gasteiger partial charge is 0.160 e. The molecule has 0 amide bonds. The molecule has 0 fully saturated rings. The predicted molar refractivity (Wildman–Crippen MR) is 243 cm³/mol. The Bertz CT molecular complexity index is 3020. The molecular weight excluding hydrogens is 749 g/mol. The van der Waals surface area contributed by atoms with E-state index in [2.05, 4.69) is 75.2 Å². The predicted octanol–water partition coefficient (Wildman–Crippen LogP) is 12.2. The summed E-state index contributed by atoms with van der Waals surface area (Å²) < 4.78 is 2.24. The molecule has 0 N–H and O–H groups in total. The van der Waals surface area contributed by atoms with Crippen LogP contribution < -0.4 is 0 Å². The van der Waals surface area contributed by atoms with Crippen molar-refractivity contribution in [1.29, 1.82) is 0 Å². The summed E-state index contributed by atoms with van der Waals surface area (Å²) in [5.41, 5.74) is 13.7. The number of rotatable bonds is 8. The van der Waals surface area contributed by atoms with Crippen molar-refractivity contribution < 1.29 is 0 Å². The van der Waals surface area contributed by atoms with Crippen molar-refractivity contribution in [3.05, 3.63) is 207 Å². The van der Waals surface area contributed by atoms with Gasteiger partial charge in [-0.15, -0.1) is 0 Å². The van der Waals surface area contributed by atoms with Gasteiger partial charge in [0.15, 0.2) is 11.6 Å². The summed E-state index contributed by atoms with van der Waals surface area (Å²) in [6, 6.07) is 61.7. The summed E-state index contributed by atoms with van der Waals surface area (Å²) >= 11 is 0. The van der Waals surface area contributed by atoms with E-state index in [4.69, 9.17) is 24.9 Å². The van der Waals surface area contributed by atoms with Crippen molar-refractivity contribution in [3.8, 4) is 84.9 Å². The Morgan fingerprint density at radius 3 is 1.39 bits per heavy atom. The van der Waals surface area contributed by atoms with Crippen LogP contribution >= 0.6 is 0 Å². The van der Waals surface area contributed by atoms with E-state index in [1.54, 1.807) is 12.4 Å². The van der Waals surface area contributed by atoms with Gasteiger partial charge in [0.25, 0.3) is 0 Å². The maximum Gasteiger partial charge on any atom is 0.160 e. The van der Waals surface area contributed by atoms with Gasteiger partial charge in [-0.25, -0.2) is 24.9 Å². The quantitative estimate of drug-likeness (QED) is 0.151. The lowest BCUT2D eigenvalue weighted by molar-refractivity contribution is 1.08. The summed E-state index contributed by atoms with van der Waals surface area (Å²) in [4.78, 5) is 34.2. The van der Waals surface area contributed by atoms with Crippen molar-refractivity contribution in [2.24, 2.45) is 0 Å². The molecule has 0 radical (unpaired) electrons. The fraction of sp³-hybridized carbons (Fsp3) is 0. The molecule has 0 aliphatic carbocycles. The molecule has 6 aromatic heterocycles. The number of hydrogen-bond acceptors (Lipinski definition) is 7. The second-order valence-corrected chi connectivity index (χ2v) is 14.7. The zero-order valence-electron chi connectivity index (χ0n) is 32.7. The van der Waals surface area contributed by atoms with Gasteiger partial charge in [0.05, 0.1) is 63.3 Å². The molecule has 6 heterocycles. The third-order valence-electron chi connectivity index (χ3n) is 10.8. The van der Waals surface area contributed by atoms with Gasteiger partial charge in [-0.05, 0) is 77.9 Å². The average Bonchev–Trinajstić information content (AvgIpc) is 3.68. The van der Waals surface area contributed by atoms with E-state index >= 15 is 0 Å². The van der Waals surface area contributed by atoms with Crippen LogP contribution in [-0.2, 0) is 0 Å². The molecule has 0 spiro atoms. The third-order valence-corrected chi connectivity index (χ3v) is 10.8. The lowest BCUT2D eigenvalue weighted by atomic mass is 9.99. The van der Waals surface area contributed by atoms with E-state index in [-0.39, 0.29) is 0 Å². The molecule has 8 heteroatoms. The first-order valence-electron chi connectivity index (χ1n) is 20.0. The Kier molecular flexibility index (Phi) is 8.98. The highest BCUT2D eigenvalue weighted by Gasteiger charge is 2.19. The van der Waals surface area contributed by atoms with Crippen LogP contribution in [0.4, 0.5) is 0 Å². The fourth-order valence-electron chi connectivity index (χ4n) is 7.87. The van der Waals surface area contributed by atoms with Gasteiger partial charge in [-0.3, -0.25) is 9.97 Å². The summed E-state index contributed by atoms with van der Waals surface area (Å²) in [5.74, 6) is 1.31. The first kappa shape index (κ1) is 35.7. The van der Waals surface area contributed by atoms with Gasteiger partial charge >= 0.3 is 0 Å². The number of pyridine rings is 3. The number of aromatic nitrogens is 8. The Morgan fingerprint density at radius 2 is 0.787 bits per heavy atom. The van der Waals surface area contributed by atoms with E-state index < -0.39 is 0 Å². The highest BCUT2D eigenvalue weighted by molar-refractivity contribution is 6.11. The second-order valence-electron chi connectivity index (χ2n) is 14.7. The molecule has 286 valence electrons. The van der Waals surface area contributed by atoms with Gasteiger partial charge in [0.1, 0.15) is 0 Å². The Hall–Kier alpha value is -8.49. The molecule has 0 unspecified atom stereocenters. The van der Waals surface area contributed by atoms with Crippen molar-refractivity contribution in [3.63, 3.8) is 0 Å². The van der Waals surface area contributed by atoms with Crippen LogP contribution in [0.25, 0.3) is 107 Å². The lowest BCUT2D eigenvalue weighted by Gasteiger charge is -2.11. The Morgan fingerprint density at radius 1 is 0.295 bits per heavy atom. The van der Waals surface area contributed by atoms with Crippen molar-refractivity contribution in [2.45, 2.75) is 0 Å². The van der Waals surface area contributed by atoms with Crippen LogP contribution in [0, 0.1) is 0 Å². The number of benzene rings is 5. The van der Waals surface area contributed by atoms with Gasteiger partial charge in [0.2, 0.25) is 0 Å². The molecule has 11 rings (SSSR count). The summed E-state index contributed by atoms with van der Waals surface area (Å²) in [6.07, 6.45) is 7.40. The number of fused-ring (bicyclic) bond motifs is 3. The summed E-state index contributed by atoms with van der Waals surface area (Å²) in [7, 11) is 0. The molecule has 8 nitrogen and oxygen atoms in total. The molecule has 61 heavy (non-hydrogen) atoms. The zero-order chi connectivity index (χ0) is 40.5. The van der Waals surface area contributed by atoms with Crippen LogP contribution in [0.3, 0.4) is 0 Å². The number of nitrogens with zero attached hydrogens (tertiary/aromatic N) is 8. The largest absolute Gasteiger partial charge is 0.306 e. The van der Waals surface area contributed by atoms with Crippen LogP contribution in [0.5, 0.6) is 0 Å². The van der Waals surface area contributed by atoms with Gasteiger partial charge < -0.3 is 4.57 Å². The average molecular weight is 783 g/mol. The van der Waals surface area contributed by atoms with E-state index in [1.807, 2.05) is 134 Å². The standard InChI is InChI=1S/C53H34N8/c1-4-14-35(15-5-1)46-30-40(31-48(58-46)44-20-10-12-26-54-44)38-22-24-50-42(28-38)43-29-39(23-25-51(43)61(50)41-33-56-52(57-34-41)36-16-6-2-7-17-36)47-32-49(45-21-11-13-27-55-45)60-53(59-47)37-18-8-3-9-19-37/h1-34H. The lowest BCUT2D eigenvalue weighted by Crippen LogP contribution is -1.98. The maximum absolute atomic E-state index is 5.15. The summed E-state index contributed by atoms with van der Waals surface area (Å²) in [5, 5.41) is 2.13. The van der Waals surface area contributed by atoms with Crippen LogP contribution in [0.1, 0.15) is 0 Å². The van der Waals surface area contributed by atoms with Crippen molar-refractivity contribution in [1.82, 2.24) is 39.5 Å². The van der Waals surface area contributed by atoms with Crippen LogP contribution in [-0.4, -0.2) is 39.5 Å². The molecule has 11 aromatic rings. The highest BCUT2D eigenvalue weighted by atomic mass is 15.0. The molecule has 0 atom stereocenters. The van der Waals surface area contributed by atoms with Gasteiger partial charge in [-0.1, -0.05) is 115 Å². The second kappa shape index (κ2) is 15.4. The highest BCUT2D eigenvalue weighted by Crippen LogP contribution is 2.39. The van der Waals surface area contributed by atoms with Gasteiger partial charge in [0, 0.05) is 45.4 Å². The molecule has 0 saturated heterocycles. The minimum Gasteiger partial charge on any atom is -0.306 e. The molecule has 5 aromatic carbocycles. The Labute approximate surface area is 351 Å². The molecule has 0 aliphatic rings. The van der Waals surface area contributed by atoms with E-state index in [0.29, 0.717) is 11.6 Å². The van der Waals surface area contributed by atoms with Gasteiger partial charge in [-0.2, -0.15) is 0 Å². The molecule has 0 aliphatic heterocycles. The third kappa shape index (κ3) is 6.88. The van der Waals surface area contributed by atoms with Crippen molar-refractivity contribution in [2.75, 3.05) is 0 Å². The number of hydrogen-bond donors (Lipinski definition) is 0. The minimum atomic E-state index is 0.634. The first-order valence-corrected chi connectivity index (χ1v) is 20.0. The molecule has 0 bridgehead atoms. The minimum absolute atomic E-state index is 0.634. The van der Waals surface area contributed by atoms with E-state index in [1.165, 1.54) is 0 Å². The van der Waals surface area contributed by atoms with Crippen LogP contribution in [0.2, 0.25) is 0 Å². The monoisotopic (exact) mass is 782 g/mol. The fourth-order valence-corrected chi connectivity index (χ4v) is 7.87. The maximum atomic E-state index is 5.15. The van der Waals surface area contributed by atoms with Crippen molar-refractivity contribution >= 4 is 21.8 Å². The zero-order valence-corrected chi connectivity index (χ0v) is 32.7. The van der Waals surface area contributed by atoms with E-state index in [9.17, 15) is 0 Å². The topological polar surface area (TPSA) is 95.2 Å². The molecule has 0 saturated carbocycles.